The number of H-pyrrole nitrogens is 2. The highest BCUT2D eigenvalue weighted by Crippen LogP contribution is 2.66. The van der Waals surface area contributed by atoms with Crippen LogP contribution < -0.4 is 0 Å². The number of carbonyl (C=O) groups is 2. The number of hydrogen-bond donors (Lipinski definition) is 2. The van der Waals surface area contributed by atoms with E-state index in [1.807, 2.05) is 78.8 Å². The summed E-state index contributed by atoms with van der Waals surface area (Å²) in [6.45, 7) is 55.4. The summed E-state index contributed by atoms with van der Waals surface area (Å²) >= 11 is 3.48. The first-order chi connectivity index (χ1) is 64.9. The van der Waals surface area contributed by atoms with Crippen LogP contribution in [0, 0.1) is 81.8 Å². The molecule has 21 rings (SSSR count). The van der Waals surface area contributed by atoms with Crippen LogP contribution in [0.4, 0.5) is 0 Å². The third-order valence-corrected chi connectivity index (χ3v) is 31.5. The Hall–Kier alpha value is -10.6. The molecule has 0 aliphatic heterocycles. The number of nitrogens with one attached hydrogen (secondary N) is 2. The van der Waals surface area contributed by atoms with E-state index in [0.29, 0.717) is 76.7 Å². The average Bonchev–Trinajstić information content (AvgIpc) is 1.55. The predicted octanol–water partition coefficient (Wildman–Crippen LogP) is 35.5. The molecule has 6 saturated carbocycles. The molecule has 6 fully saturated rings. The van der Waals surface area contributed by atoms with E-state index < -0.39 is 0 Å². The number of thiazole rings is 2. The van der Waals surface area contributed by atoms with Gasteiger partial charge in [0.1, 0.15) is 11.6 Å². The smallest absolute Gasteiger partial charge is 0.139 e. The molecule has 6 aromatic heterocycles. The minimum atomic E-state index is 0.0475. The van der Waals surface area contributed by atoms with Crippen molar-refractivity contribution in [1.82, 2.24) is 40.1 Å². The van der Waals surface area contributed by atoms with E-state index in [1.54, 1.807) is 35.4 Å². The van der Waals surface area contributed by atoms with Gasteiger partial charge in [-0.05, 0) is 300 Å². The second kappa shape index (κ2) is 49.1. The van der Waals surface area contributed by atoms with Crippen molar-refractivity contribution in [3.8, 4) is 23.0 Å². The van der Waals surface area contributed by atoms with Gasteiger partial charge >= 0.3 is 0 Å². The van der Waals surface area contributed by atoms with Gasteiger partial charge in [0.2, 0.25) is 0 Å². The third kappa shape index (κ3) is 28.1. The molecule has 6 aliphatic rings. The zero-order valence-corrected chi connectivity index (χ0v) is 88.4. The maximum Gasteiger partial charge on any atom is 0.139 e. The van der Waals surface area contributed by atoms with E-state index in [-0.39, 0.29) is 16.2 Å². The highest BCUT2D eigenvalue weighted by molar-refractivity contribution is 7.18. The average molecular weight is 1860 g/mol. The minimum Gasteiger partial charge on any atom is -0.345 e. The number of pyridine rings is 2. The summed E-state index contributed by atoms with van der Waals surface area (Å²) in [5.74, 6) is 16.6. The Bertz CT molecular complexity index is 6050. The SMILES string of the molecule is CC(C)C#Cc1ccccc1.CC(C)C12CCC(CC1)C2.CC(C)C12CCC(CC1=O)C2.CC(C)C[C@@]12CCC(CC1=O)C2(C)C.CC(C)c1ccc(-c2ccccc2)cc1.CC(C)c1ccc2cccnc2c1.CC(C)c1ccc2ccncc2c1.CC(C)c1ccc2cn[nH]c2c1.CC(C)c1ccc2nc[nH]c2c1.CC(C)c1ccc2ncsc2c1.Cc1nc2ccc(C(C)C)cc2s1. The van der Waals surface area contributed by atoms with Crippen molar-refractivity contribution in [3.05, 3.63) is 298 Å². The van der Waals surface area contributed by atoms with Crippen molar-refractivity contribution >= 4 is 98.3 Å². The topological polar surface area (TPSA) is 143 Å². The first-order valence-electron chi connectivity index (χ1n) is 50.9. The molecule has 6 heterocycles. The Kier molecular flexibility index (Phi) is 38.2. The van der Waals surface area contributed by atoms with Gasteiger partial charge in [0.15, 0.2) is 0 Å². The summed E-state index contributed by atoms with van der Waals surface area (Å²) in [7, 11) is 0. The van der Waals surface area contributed by atoms with Crippen molar-refractivity contribution in [3.63, 3.8) is 0 Å². The van der Waals surface area contributed by atoms with Crippen molar-refractivity contribution in [2.45, 2.75) is 298 Å². The van der Waals surface area contributed by atoms with Crippen molar-refractivity contribution in [1.29, 1.82) is 0 Å². The van der Waals surface area contributed by atoms with Crippen molar-refractivity contribution < 1.29 is 9.59 Å². The molecule has 15 aromatic rings. The summed E-state index contributed by atoms with van der Waals surface area (Å²) < 4.78 is 2.60. The maximum absolute atomic E-state index is 12.1. The van der Waals surface area contributed by atoms with E-state index >= 15 is 0 Å². The Labute approximate surface area is 824 Å². The number of fused-ring (bicyclic) bond motifs is 12. The molecule has 6 bridgehead atoms. The zero-order valence-electron chi connectivity index (χ0n) is 86.8. The van der Waals surface area contributed by atoms with Crippen LogP contribution in [0.5, 0.6) is 0 Å². The molecule has 2 N–H and O–H groups in total. The number of nitrogens with zero attached hydrogens (tertiary/aromatic N) is 6. The molecule has 6 aliphatic carbocycles. The third-order valence-electron chi connectivity index (χ3n) is 29.7. The summed E-state index contributed by atoms with van der Waals surface area (Å²) in [5.41, 5.74) is 23.1. The number of hydrogen-bond acceptors (Lipinski definition) is 10. The first kappa shape index (κ1) is 106. The molecule has 718 valence electrons. The Morgan fingerprint density at radius 3 is 1.51 bits per heavy atom. The summed E-state index contributed by atoms with van der Waals surface area (Å²) in [6, 6.07) is 74.3. The quantitative estimate of drug-likeness (QED) is 0.115. The van der Waals surface area contributed by atoms with Crippen molar-refractivity contribution in [2.75, 3.05) is 0 Å². The Morgan fingerprint density at radius 2 is 0.971 bits per heavy atom. The number of aryl methyl sites for hydroxylation is 1. The van der Waals surface area contributed by atoms with E-state index in [9.17, 15) is 9.59 Å². The number of aromatic nitrogens is 8. The van der Waals surface area contributed by atoms with Gasteiger partial charge in [-0.15, -0.1) is 22.7 Å². The zero-order chi connectivity index (χ0) is 98.2. The first-order valence-corrected chi connectivity index (χ1v) is 52.6. The lowest BCUT2D eigenvalue weighted by Gasteiger charge is -2.37. The molecule has 136 heavy (non-hydrogen) atoms. The summed E-state index contributed by atoms with van der Waals surface area (Å²) in [4.78, 5) is 48.1. The van der Waals surface area contributed by atoms with Gasteiger partial charge in [0.25, 0.3) is 0 Å². The molecule has 0 amide bonds. The molecule has 0 saturated heterocycles. The van der Waals surface area contributed by atoms with Gasteiger partial charge in [-0.1, -0.05) is 311 Å². The molecule has 12 heteroatoms. The molecule has 10 nitrogen and oxygen atoms in total. The van der Waals surface area contributed by atoms with E-state index in [0.717, 1.165) is 92.5 Å². The molecule has 3 unspecified atom stereocenters. The van der Waals surface area contributed by atoms with Gasteiger partial charge in [-0.3, -0.25) is 24.7 Å². The number of Topliss-reactive ketones (excluding diaryl/α,β-unsaturated/α-hetero) is 2. The number of rotatable bonds is 12. The van der Waals surface area contributed by atoms with Crippen LogP contribution >= 0.6 is 22.7 Å². The van der Waals surface area contributed by atoms with Crippen molar-refractivity contribution in [2.24, 2.45) is 63.1 Å². The second-order valence-corrected chi connectivity index (χ2v) is 45.3. The number of benzene rings is 9. The van der Waals surface area contributed by atoms with Crippen LogP contribution in [0.25, 0.3) is 75.2 Å². The largest absolute Gasteiger partial charge is 0.345 e. The highest BCUT2D eigenvalue weighted by atomic mass is 32.1. The monoisotopic (exact) mass is 1860 g/mol. The number of imidazole rings is 1. The fraction of sp³-hybridized carbons (Fsp3) is 0.452. The van der Waals surface area contributed by atoms with E-state index in [1.165, 1.54) is 132 Å². The highest BCUT2D eigenvalue weighted by Gasteiger charge is 2.63. The maximum atomic E-state index is 12.1. The second-order valence-electron chi connectivity index (χ2n) is 43.2. The van der Waals surface area contributed by atoms with E-state index in [2.05, 4.69) is 389 Å². The predicted molar refractivity (Wildman–Crippen MR) is 584 cm³/mol. The fourth-order valence-electron chi connectivity index (χ4n) is 20.5. The number of aromatic amines is 2. The molecule has 9 aromatic carbocycles. The molecule has 4 atom stereocenters. The number of carbonyl (C=O) groups excluding carboxylic acids is 2. The van der Waals surface area contributed by atoms with E-state index in [4.69, 9.17) is 0 Å². The lowest BCUT2D eigenvalue weighted by molar-refractivity contribution is -0.130. The molecule has 0 spiro atoms. The standard InChI is InChI=1S/C15H16.C13H22O.2C12H13N.C11H13NS.C11H12.2C10H12N2.C10H11NS.C10H16O.C10H18/c1-12(2)13-8-10-15(11-9-13)14-6-4-3-5-7-14;1-9(2)8-13-6-5-10(7-11(13)14)12(13,3)4;1-9(2)11-4-3-10-5-6-13-8-12(10)7-11;1-9(2)11-6-5-10-4-3-7-13-12(10)8-11;1-7(2)9-4-5-10-11(6-9)13-8(3)12-10;1-10(2)8-9-11-6-4-3-5-7-11;1-7(2)8-3-4-9-10(5-8)12-6-11-9;1-7(2)8-3-4-9-6-11-12-10(9)5-8;1-7(2)8-3-4-9-10(5-8)12-6-11-9;1-7(2)10-4-3-8(6-10)5-9(10)11;1-8(2)10-5-3-9(7-10)4-6-10/h3-12H,1-2H3;9-10H,5-8H2,1-4H3;2*3-9H,1-2H3;4-7H,1-3H3;3-7,10H,1-2H3;2*3-7H,1-2H3,(H,11,12);3-7H,1-2H3;7-8H,3-6H2,1-2H3;8-9H,3-7H2,1-2H3/t;10?,13-;;;;;;;;;/m.0........./s1. The van der Waals surface area contributed by atoms with Gasteiger partial charge in [0.05, 0.1) is 65.5 Å². The Morgan fingerprint density at radius 1 is 0.426 bits per heavy atom. The lowest BCUT2D eigenvalue weighted by Crippen LogP contribution is -2.37. The minimum absolute atomic E-state index is 0.0475. The van der Waals surface area contributed by atoms with Crippen LogP contribution in [0.15, 0.2) is 249 Å². The van der Waals surface area contributed by atoms with Crippen LogP contribution in [0.3, 0.4) is 0 Å². The van der Waals surface area contributed by atoms with Crippen LogP contribution in [0.1, 0.15) is 341 Å². The molecule has 0 radical (unpaired) electrons. The van der Waals surface area contributed by atoms with Crippen LogP contribution in [0.2, 0.25) is 0 Å². The lowest BCUT2D eigenvalue weighted by atomic mass is 9.65. The normalized spacial score (nSPS) is 18.9. The van der Waals surface area contributed by atoms with Gasteiger partial charge in [0, 0.05) is 69.9 Å². The number of ketones is 2. The fourth-order valence-corrected chi connectivity index (χ4v) is 22.1. The summed E-state index contributed by atoms with van der Waals surface area (Å²) in [6.07, 6.45) is 25.9. The van der Waals surface area contributed by atoms with Crippen LogP contribution in [-0.4, -0.2) is 51.7 Å². The summed E-state index contributed by atoms with van der Waals surface area (Å²) in [5, 5.41) is 13.0. The Balaban J connectivity index is 0.000000144. The molecular weight excluding hydrogens is 1700 g/mol. The van der Waals surface area contributed by atoms with Gasteiger partial charge in [-0.2, -0.15) is 5.10 Å². The van der Waals surface area contributed by atoms with Gasteiger partial charge < -0.3 is 4.98 Å². The van der Waals surface area contributed by atoms with Gasteiger partial charge in [-0.25, -0.2) is 15.0 Å². The molecular formula is C124H158N8O2S2. The van der Waals surface area contributed by atoms with Crippen LogP contribution in [-0.2, 0) is 9.59 Å².